The van der Waals surface area contributed by atoms with Gasteiger partial charge in [-0.25, -0.2) is 9.97 Å². The molecule has 22 heavy (non-hydrogen) atoms. The molecule has 0 aliphatic carbocycles. The number of carbonyl (C=O) groups excluding carboxylic acids is 1. The molecule has 0 unspecified atom stereocenters. The molecule has 112 valence electrons. The zero-order chi connectivity index (χ0) is 15.4. The summed E-state index contributed by atoms with van der Waals surface area (Å²) in [6.45, 7) is 2.48. The standard InChI is InChI=1S/C16H16N4OS/c1-11-18-12(10-22-11)6-7-16(21)17-9-8-15-19-13-4-2-3-5-14(13)20-15/h2-7,10H,8-9H2,1H3,(H,17,21)(H,19,20)/b7-6+. The molecule has 1 amide bonds. The van der Waals surface area contributed by atoms with Crippen LogP contribution in [0.25, 0.3) is 17.1 Å². The van der Waals surface area contributed by atoms with Crippen molar-refractivity contribution in [3.05, 3.63) is 52.2 Å². The number of carbonyl (C=O) groups is 1. The third-order valence-electron chi connectivity index (χ3n) is 3.14. The first-order valence-corrected chi connectivity index (χ1v) is 7.90. The van der Waals surface area contributed by atoms with Gasteiger partial charge in [0.25, 0.3) is 0 Å². The van der Waals surface area contributed by atoms with Gasteiger partial charge in [-0.2, -0.15) is 0 Å². The molecule has 0 saturated heterocycles. The van der Waals surface area contributed by atoms with Crippen molar-refractivity contribution < 1.29 is 4.79 Å². The molecule has 3 aromatic rings. The highest BCUT2D eigenvalue weighted by molar-refractivity contribution is 7.09. The fourth-order valence-corrected chi connectivity index (χ4v) is 2.69. The van der Waals surface area contributed by atoms with Gasteiger partial charge in [-0.15, -0.1) is 11.3 Å². The van der Waals surface area contributed by atoms with Crippen LogP contribution in [-0.4, -0.2) is 27.4 Å². The molecule has 1 aromatic carbocycles. The molecule has 0 fully saturated rings. The molecule has 0 saturated carbocycles. The number of nitrogens with one attached hydrogen (secondary N) is 2. The topological polar surface area (TPSA) is 70.7 Å². The average molecular weight is 312 g/mol. The van der Waals surface area contributed by atoms with E-state index in [0.717, 1.165) is 27.6 Å². The second-order valence-electron chi connectivity index (χ2n) is 4.87. The number of imidazole rings is 1. The number of nitrogens with zero attached hydrogens (tertiary/aromatic N) is 2. The Morgan fingerprint density at radius 3 is 3.00 bits per heavy atom. The maximum Gasteiger partial charge on any atom is 0.244 e. The van der Waals surface area contributed by atoms with Gasteiger partial charge in [-0.1, -0.05) is 12.1 Å². The van der Waals surface area contributed by atoms with Gasteiger partial charge in [0.1, 0.15) is 5.82 Å². The summed E-state index contributed by atoms with van der Waals surface area (Å²) in [5.74, 6) is 0.752. The van der Waals surface area contributed by atoms with Crippen molar-refractivity contribution in [3.63, 3.8) is 0 Å². The number of thiazole rings is 1. The van der Waals surface area contributed by atoms with Crippen molar-refractivity contribution in [1.82, 2.24) is 20.3 Å². The number of hydrogen-bond donors (Lipinski definition) is 2. The molecule has 0 bridgehead atoms. The minimum atomic E-state index is -0.123. The van der Waals surface area contributed by atoms with Crippen LogP contribution < -0.4 is 5.32 Å². The molecule has 0 radical (unpaired) electrons. The minimum Gasteiger partial charge on any atom is -0.352 e. The molecule has 0 aliphatic rings. The predicted octanol–water partition coefficient (Wildman–Crippen LogP) is 2.70. The summed E-state index contributed by atoms with van der Waals surface area (Å²) in [6.07, 6.45) is 3.90. The number of benzene rings is 1. The second kappa shape index (κ2) is 6.53. The van der Waals surface area contributed by atoms with Crippen LogP contribution in [0.5, 0.6) is 0 Å². The van der Waals surface area contributed by atoms with Gasteiger partial charge in [-0.05, 0) is 25.1 Å². The van der Waals surface area contributed by atoms with Crippen molar-refractivity contribution in [2.75, 3.05) is 6.54 Å². The number of hydrogen-bond acceptors (Lipinski definition) is 4. The fraction of sp³-hybridized carbons (Fsp3) is 0.188. The van der Waals surface area contributed by atoms with Gasteiger partial charge in [0.05, 0.1) is 21.7 Å². The van der Waals surface area contributed by atoms with Gasteiger partial charge in [-0.3, -0.25) is 4.79 Å². The number of H-pyrrole nitrogens is 1. The summed E-state index contributed by atoms with van der Waals surface area (Å²) in [4.78, 5) is 23.7. The molecule has 2 N–H and O–H groups in total. The zero-order valence-electron chi connectivity index (χ0n) is 12.2. The van der Waals surface area contributed by atoms with E-state index in [0.29, 0.717) is 13.0 Å². The van der Waals surface area contributed by atoms with E-state index >= 15 is 0 Å². The van der Waals surface area contributed by atoms with Gasteiger partial charge >= 0.3 is 0 Å². The fourth-order valence-electron chi connectivity index (χ4n) is 2.10. The lowest BCUT2D eigenvalue weighted by Crippen LogP contribution is -2.23. The third-order valence-corrected chi connectivity index (χ3v) is 3.93. The van der Waals surface area contributed by atoms with Gasteiger partial charge < -0.3 is 10.3 Å². The van der Waals surface area contributed by atoms with Crippen molar-refractivity contribution in [2.45, 2.75) is 13.3 Å². The molecule has 2 heterocycles. The van der Waals surface area contributed by atoms with E-state index in [1.54, 1.807) is 17.4 Å². The van der Waals surface area contributed by atoms with Crippen LogP contribution >= 0.6 is 11.3 Å². The van der Waals surface area contributed by atoms with E-state index in [1.807, 2.05) is 36.6 Å². The lowest BCUT2D eigenvalue weighted by atomic mass is 10.3. The first-order valence-electron chi connectivity index (χ1n) is 7.02. The van der Waals surface area contributed by atoms with E-state index in [1.165, 1.54) is 6.08 Å². The van der Waals surface area contributed by atoms with Crippen molar-refractivity contribution in [2.24, 2.45) is 0 Å². The number of rotatable bonds is 5. The van der Waals surface area contributed by atoms with Gasteiger partial charge in [0.15, 0.2) is 0 Å². The summed E-state index contributed by atoms with van der Waals surface area (Å²) >= 11 is 1.57. The maximum atomic E-state index is 11.7. The number of amides is 1. The van der Waals surface area contributed by atoms with Crippen LogP contribution in [0.4, 0.5) is 0 Å². The number of para-hydroxylation sites is 2. The lowest BCUT2D eigenvalue weighted by Gasteiger charge is -1.99. The van der Waals surface area contributed by atoms with Gasteiger partial charge in [0.2, 0.25) is 5.91 Å². The second-order valence-corrected chi connectivity index (χ2v) is 5.93. The van der Waals surface area contributed by atoms with E-state index in [-0.39, 0.29) is 5.91 Å². The molecule has 2 aromatic heterocycles. The van der Waals surface area contributed by atoms with Crippen LogP contribution in [0.1, 0.15) is 16.5 Å². The highest BCUT2D eigenvalue weighted by atomic mass is 32.1. The number of aryl methyl sites for hydroxylation is 1. The normalized spacial score (nSPS) is 11.3. The smallest absolute Gasteiger partial charge is 0.244 e. The average Bonchev–Trinajstić information content (AvgIpc) is 3.10. The SMILES string of the molecule is Cc1nc(/C=C/C(=O)NCCc2nc3ccccc3[nH]2)cs1. The van der Waals surface area contributed by atoms with Crippen LogP contribution in [0.3, 0.4) is 0 Å². The Hall–Kier alpha value is -2.47. The lowest BCUT2D eigenvalue weighted by molar-refractivity contribution is -0.116. The quantitative estimate of drug-likeness (QED) is 0.712. The summed E-state index contributed by atoms with van der Waals surface area (Å²) in [5, 5.41) is 5.76. The van der Waals surface area contributed by atoms with E-state index in [2.05, 4.69) is 20.3 Å². The molecular weight excluding hydrogens is 296 g/mol. The third kappa shape index (κ3) is 3.59. The molecule has 0 atom stereocenters. The van der Waals surface area contributed by atoms with Crippen LogP contribution in [-0.2, 0) is 11.2 Å². The van der Waals surface area contributed by atoms with Crippen LogP contribution in [0.2, 0.25) is 0 Å². The van der Waals surface area contributed by atoms with E-state index in [9.17, 15) is 4.79 Å². The van der Waals surface area contributed by atoms with Crippen LogP contribution in [0, 0.1) is 6.92 Å². The molecule has 3 rings (SSSR count). The molecule has 5 nitrogen and oxygen atoms in total. The Morgan fingerprint density at radius 1 is 1.36 bits per heavy atom. The summed E-state index contributed by atoms with van der Waals surface area (Å²) in [5.41, 5.74) is 2.78. The largest absolute Gasteiger partial charge is 0.352 e. The Balaban J connectivity index is 1.50. The van der Waals surface area contributed by atoms with E-state index in [4.69, 9.17) is 0 Å². The van der Waals surface area contributed by atoms with Gasteiger partial charge in [0, 0.05) is 24.4 Å². The van der Waals surface area contributed by atoms with Crippen LogP contribution in [0.15, 0.2) is 35.7 Å². The molecule has 6 heteroatoms. The summed E-state index contributed by atoms with van der Waals surface area (Å²) in [7, 11) is 0. The predicted molar refractivity (Wildman–Crippen MR) is 88.7 cm³/mol. The Kier molecular flexibility index (Phi) is 4.29. The minimum absolute atomic E-state index is 0.123. The molecule has 0 aliphatic heterocycles. The van der Waals surface area contributed by atoms with E-state index < -0.39 is 0 Å². The van der Waals surface area contributed by atoms with Crippen molar-refractivity contribution >= 4 is 34.4 Å². The van der Waals surface area contributed by atoms with Crippen molar-refractivity contribution in [3.8, 4) is 0 Å². The maximum absolute atomic E-state index is 11.7. The molecular formula is C16H16N4OS. The first-order chi connectivity index (χ1) is 10.7. The molecule has 0 spiro atoms. The highest BCUT2D eigenvalue weighted by Gasteiger charge is 2.02. The summed E-state index contributed by atoms with van der Waals surface area (Å²) < 4.78 is 0. The monoisotopic (exact) mass is 312 g/mol. The number of aromatic amines is 1. The number of aromatic nitrogens is 3. The first kappa shape index (κ1) is 14.5. The summed E-state index contributed by atoms with van der Waals surface area (Å²) in [6, 6.07) is 7.88. The Morgan fingerprint density at radius 2 is 2.23 bits per heavy atom. The highest BCUT2D eigenvalue weighted by Crippen LogP contribution is 2.10. The van der Waals surface area contributed by atoms with Crippen molar-refractivity contribution in [1.29, 1.82) is 0 Å². The Labute approximate surface area is 132 Å². The Bertz CT molecular complexity index is 785. The zero-order valence-corrected chi connectivity index (χ0v) is 13.0. The number of fused-ring (bicyclic) bond motifs is 1.